The Morgan fingerprint density at radius 2 is 2.10 bits per heavy atom. The van der Waals surface area contributed by atoms with E-state index in [0.29, 0.717) is 30.7 Å². The standard InChI is InChI=1S/C13H13Cl2N3O2/c14-6-10-1-2-11(12(15)5-10)13(19-3-4-20-13)7-18-9-16-8-17-18/h1-2,5,8-9H,3-4,6-7H2. The highest BCUT2D eigenvalue weighted by Crippen LogP contribution is 2.37. The Hall–Kier alpha value is -1.14. The van der Waals surface area contributed by atoms with Crippen molar-refractivity contribution in [1.29, 1.82) is 0 Å². The molecule has 3 rings (SSSR count). The minimum Gasteiger partial charge on any atom is -0.342 e. The molecule has 0 spiro atoms. The van der Waals surface area contributed by atoms with Crippen LogP contribution in [0.15, 0.2) is 30.9 Å². The van der Waals surface area contributed by atoms with Crippen LogP contribution < -0.4 is 0 Å². The quantitative estimate of drug-likeness (QED) is 0.814. The highest BCUT2D eigenvalue weighted by atomic mass is 35.5. The number of alkyl halides is 1. The van der Waals surface area contributed by atoms with Crippen LogP contribution in [-0.2, 0) is 27.7 Å². The third-order valence-corrected chi connectivity index (χ3v) is 3.81. The molecule has 1 saturated heterocycles. The third-order valence-electron chi connectivity index (χ3n) is 3.19. The van der Waals surface area contributed by atoms with Crippen LogP contribution in [-0.4, -0.2) is 28.0 Å². The highest BCUT2D eigenvalue weighted by Gasteiger charge is 2.41. The van der Waals surface area contributed by atoms with Crippen molar-refractivity contribution in [2.24, 2.45) is 0 Å². The molecule has 7 heteroatoms. The van der Waals surface area contributed by atoms with Gasteiger partial charge in [-0.15, -0.1) is 11.6 Å². The Morgan fingerprint density at radius 1 is 1.30 bits per heavy atom. The zero-order chi connectivity index (χ0) is 14.0. The van der Waals surface area contributed by atoms with Crippen LogP contribution in [0, 0.1) is 0 Å². The fourth-order valence-corrected chi connectivity index (χ4v) is 2.78. The summed E-state index contributed by atoms with van der Waals surface area (Å²) in [6, 6.07) is 5.64. The summed E-state index contributed by atoms with van der Waals surface area (Å²) in [5.74, 6) is -0.507. The predicted molar refractivity (Wildman–Crippen MR) is 74.6 cm³/mol. The van der Waals surface area contributed by atoms with Gasteiger partial charge < -0.3 is 9.47 Å². The molecule has 5 nitrogen and oxygen atoms in total. The molecule has 0 radical (unpaired) electrons. The van der Waals surface area contributed by atoms with E-state index in [0.717, 1.165) is 11.1 Å². The van der Waals surface area contributed by atoms with E-state index in [-0.39, 0.29) is 0 Å². The van der Waals surface area contributed by atoms with Gasteiger partial charge in [0.1, 0.15) is 19.2 Å². The van der Waals surface area contributed by atoms with E-state index in [1.165, 1.54) is 6.33 Å². The van der Waals surface area contributed by atoms with Crippen molar-refractivity contribution < 1.29 is 9.47 Å². The molecule has 0 bridgehead atoms. The lowest BCUT2D eigenvalue weighted by Crippen LogP contribution is -2.33. The van der Waals surface area contributed by atoms with Crippen LogP contribution in [0.2, 0.25) is 5.02 Å². The Bertz CT molecular complexity index is 583. The number of aromatic nitrogens is 3. The molecule has 1 aromatic carbocycles. The van der Waals surface area contributed by atoms with E-state index >= 15 is 0 Å². The Kier molecular flexibility index (Phi) is 3.94. The third kappa shape index (κ3) is 2.54. The topological polar surface area (TPSA) is 49.2 Å². The zero-order valence-corrected chi connectivity index (χ0v) is 12.1. The van der Waals surface area contributed by atoms with Crippen LogP contribution in [0.1, 0.15) is 11.1 Å². The number of rotatable bonds is 4. The van der Waals surface area contributed by atoms with Gasteiger partial charge in [0, 0.05) is 16.5 Å². The molecular formula is C13H13Cl2N3O2. The second-order valence-electron chi connectivity index (χ2n) is 4.49. The summed E-state index contributed by atoms with van der Waals surface area (Å²) in [5.41, 5.74) is 1.73. The number of nitrogens with zero attached hydrogens (tertiary/aromatic N) is 3. The molecule has 2 heterocycles. The normalized spacial score (nSPS) is 17.5. The second-order valence-corrected chi connectivity index (χ2v) is 5.17. The van der Waals surface area contributed by atoms with Crippen molar-refractivity contribution in [2.45, 2.75) is 18.2 Å². The molecule has 2 aromatic rings. The van der Waals surface area contributed by atoms with Gasteiger partial charge in [-0.25, -0.2) is 9.67 Å². The zero-order valence-electron chi connectivity index (χ0n) is 10.6. The highest BCUT2D eigenvalue weighted by molar-refractivity contribution is 6.31. The summed E-state index contributed by atoms with van der Waals surface area (Å²) >= 11 is 12.2. The van der Waals surface area contributed by atoms with Gasteiger partial charge in [-0.2, -0.15) is 5.10 Å². The van der Waals surface area contributed by atoms with Crippen LogP contribution in [0.3, 0.4) is 0 Å². The predicted octanol–water partition coefficient (Wildman–Crippen LogP) is 2.57. The van der Waals surface area contributed by atoms with E-state index < -0.39 is 5.79 Å². The summed E-state index contributed by atoms with van der Waals surface area (Å²) in [4.78, 5) is 3.93. The van der Waals surface area contributed by atoms with Crippen molar-refractivity contribution >= 4 is 23.2 Å². The number of hydrogen-bond donors (Lipinski definition) is 0. The first kappa shape index (κ1) is 13.8. The largest absolute Gasteiger partial charge is 0.342 e. The maximum atomic E-state index is 6.35. The van der Waals surface area contributed by atoms with E-state index in [4.69, 9.17) is 32.7 Å². The van der Waals surface area contributed by atoms with Crippen LogP contribution in [0.4, 0.5) is 0 Å². The van der Waals surface area contributed by atoms with E-state index in [2.05, 4.69) is 10.1 Å². The maximum absolute atomic E-state index is 6.35. The lowest BCUT2D eigenvalue weighted by atomic mass is 10.0. The molecule has 1 aliphatic heterocycles. The first-order valence-corrected chi connectivity index (χ1v) is 7.10. The van der Waals surface area contributed by atoms with E-state index in [1.807, 2.05) is 18.2 Å². The molecule has 0 unspecified atom stereocenters. The summed E-state index contributed by atoms with van der Waals surface area (Å²) in [5, 5.41) is 4.67. The minimum absolute atomic E-state index is 0.396. The molecule has 1 aliphatic rings. The van der Waals surface area contributed by atoms with Gasteiger partial charge in [0.05, 0.1) is 13.2 Å². The van der Waals surface area contributed by atoms with Gasteiger partial charge in [-0.3, -0.25) is 0 Å². The Balaban J connectivity index is 1.98. The molecule has 1 fully saturated rings. The van der Waals surface area contributed by atoms with Crippen LogP contribution in [0.25, 0.3) is 0 Å². The van der Waals surface area contributed by atoms with Crippen molar-refractivity contribution in [2.75, 3.05) is 13.2 Å². The van der Waals surface area contributed by atoms with Crippen molar-refractivity contribution in [3.8, 4) is 0 Å². The number of ether oxygens (including phenoxy) is 2. The lowest BCUT2D eigenvalue weighted by molar-refractivity contribution is -0.177. The van der Waals surface area contributed by atoms with Crippen molar-refractivity contribution in [3.05, 3.63) is 47.0 Å². The molecule has 1 aromatic heterocycles. The molecule has 0 atom stereocenters. The van der Waals surface area contributed by atoms with Gasteiger partial charge in [0.2, 0.25) is 5.79 Å². The van der Waals surface area contributed by atoms with Crippen molar-refractivity contribution in [1.82, 2.24) is 14.8 Å². The summed E-state index contributed by atoms with van der Waals surface area (Å²) in [6.07, 6.45) is 3.09. The lowest BCUT2D eigenvalue weighted by Gasteiger charge is -2.28. The molecule has 0 amide bonds. The second kappa shape index (κ2) is 5.69. The molecular weight excluding hydrogens is 301 g/mol. The minimum atomic E-state index is -0.921. The monoisotopic (exact) mass is 313 g/mol. The van der Waals surface area contributed by atoms with Gasteiger partial charge in [-0.05, 0) is 11.6 Å². The fourth-order valence-electron chi connectivity index (χ4n) is 2.26. The molecule has 106 valence electrons. The number of benzene rings is 1. The first-order chi connectivity index (χ1) is 9.73. The first-order valence-electron chi connectivity index (χ1n) is 6.19. The van der Waals surface area contributed by atoms with Crippen molar-refractivity contribution in [3.63, 3.8) is 0 Å². The average molecular weight is 314 g/mol. The van der Waals surface area contributed by atoms with Crippen LogP contribution in [0.5, 0.6) is 0 Å². The smallest absolute Gasteiger partial charge is 0.216 e. The van der Waals surface area contributed by atoms with E-state index in [1.54, 1.807) is 11.0 Å². The summed E-state index contributed by atoms with van der Waals surface area (Å²) in [7, 11) is 0. The number of hydrogen-bond acceptors (Lipinski definition) is 4. The summed E-state index contributed by atoms with van der Waals surface area (Å²) < 4.78 is 13.3. The Labute approximate surface area is 126 Å². The van der Waals surface area contributed by atoms with Gasteiger partial charge in [0.25, 0.3) is 0 Å². The fraction of sp³-hybridized carbons (Fsp3) is 0.385. The molecule has 0 N–H and O–H groups in total. The van der Waals surface area contributed by atoms with Gasteiger partial charge in [0.15, 0.2) is 0 Å². The van der Waals surface area contributed by atoms with Gasteiger partial charge in [-0.1, -0.05) is 23.7 Å². The average Bonchev–Trinajstić information content (AvgIpc) is 3.11. The molecule has 0 aliphatic carbocycles. The molecule has 20 heavy (non-hydrogen) atoms. The SMILES string of the molecule is ClCc1ccc(C2(Cn3cncn3)OCCO2)c(Cl)c1. The van der Waals surface area contributed by atoms with Gasteiger partial charge >= 0.3 is 0 Å². The van der Waals surface area contributed by atoms with E-state index in [9.17, 15) is 0 Å². The van der Waals surface area contributed by atoms with Crippen LogP contribution >= 0.6 is 23.2 Å². The number of halogens is 2. The maximum Gasteiger partial charge on any atom is 0.216 e. The Morgan fingerprint density at radius 3 is 2.70 bits per heavy atom. The summed E-state index contributed by atoms with van der Waals surface area (Å²) in [6.45, 7) is 1.43. The molecule has 0 saturated carbocycles.